The minimum Gasteiger partial charge on any atom is -0.465 e. The van der Waals surface area contributed by atoms with Crippen LogP contribution in [-0.2, 0) is 0 Å². The van der Waals surface area contributed by atoms with E-state index >= 15 is 0 Å². The fourth-order valence-corrected chi connectivity index (χ4v) is 0.385. The van der Waals surface area contributed by atoms with Crippen LogP contribution in [-0.4, -0.2) is 18.2 Å². The zero-order valence-corrected chi connectivity index (χ0v) is 6.97. The monoisotopic (exact) mass is 170 g/mol. The first kappa shape index (κ1) is 13.1. The van der Waals surface area contributed by atoms with Gasteiger partial charge in [-0.25, -0.2) is 4.79 Å². The molecule has 5 N–H and O–H groups in total. The lowest BCUT2D eigenvalue weighted by Crippen LogP contribution is -2.03. The zero-order chi connectivity index (χ0) is 9.82. The summed E-state index contributed by atoms with van der Waals surface area (Å²) in [6, 6.07) is 12.0. The van der Waals surface area contributed by atoms with Gasteiger partial charge in [0.25, 0.3) is 0 Å². The van der Waals surface area contributed by atoms with E-state index in [1.54, 1.807) is 0 Å². The molecule has 1 rings (SSSR count). The van der Waals surface area contributed by atoms with Crippen molar-refractivity contribution in [3.05, 3.63) is 36.4 Å². The predicted octanol–water partition coefficient (Wildman–Crippen LogP) is 0.885. The van der Waals surface area contributed by atoms with E-state index in [-0.39, 0.29) is 0 Å². The lowest BCUT2D eigenvalue weighted by molar-refractivity contribution is 0.205. The lowest BCUT2D eigenvalue weighted by atomic mass is 10.4. The summed E-state index contributed by atoms with van der Waals surface area (Å²) < 4.78 is 0. The molecule has 4 nitrogen and oxygen atoms in total. The summed E-state index contributed by atoms with van der Waals surface area (Å²) in [5, 5.41) is 7.19. The lowest BCUT2D eigenvalue weighted by Gasteiger charge is -1.69. The van der Waals surface area contributed by atoms with E-state index in [2.05, 4.69) is 11.5 Å². The molecule has 0 radical (unpaired) electrons. The normalized spacial score (nSPS) is 6.50. The number of nitrogens with two attached hydrogens (primary N) is 2. The Kier molecular flexibility index (Phi) is 13.2. The second-order valence-electron chi connectivity index (χ2n) is 1.49. The molecule has 1 aromatic rings. The number of rotatable bonds is 0. The SMILES string of the molecule is CN.NC(=O)O.c1ccccc1. The van der Waals surface area contributed by atoms with E-state index in [9.17, 15) is 0 Å². The Hall–Kier alpha value is -1.55. The molecule has 0 fully saturated rings. The van der Waals surface area contributed by atoms with Crippen LogP contribution in [0.15, 0.2) is 36.4 Å². The topological polar surface area (TPSA) is 89.3 Å². The third-order valence-electron chi connectivity index (χ3n) is 0.667. The molecule has 0 saturated carbocycles. The molecule has 0 aromatic heterocycles. The summed E-state index contributed by atoms with van der Waals surface area (Å²) in [6.45, 7) is 0. The Bertz CT molecular complexity index is 147. The Balaban J connectivity index is 0. The average molecular weight is 170 g/mol. The van der Waals surface area contributed by atoms with Crippen LogP contribution in [0.25, 0.3) is 0 Å². The summed E-state index contributed by atoms with van der Waals surface area (Å²) >= 11 is 0. The first-order chi connectivity index (χ1) is 5.73. The minimum atomic E-state index is -1.33. The van der Waals surface area contributed by atoms with Crippen LogP contribution in [0.5, 0.6) is 0 Å². The Morgan fingerprint density at radius 3 is 1.17 bits per heavy atom. The molecule has 0 heterocycles. The van der Waals surface area contributed by atoms with Crippen LogP contribution in [0.3, 0.4) is 0 Å². The van der Waals surface area contributed by atoms with E-state index in [4.69, 9.17) is 9.90 Å². The maximum absolute atomic E-state index is 8.78. The highest BCUT2D eigenvalue weighted by Gasteiger charge is 1.65. The van der Waals surface area contributed by atoms with Crippen LogP contribution in [0.4, 0.5) is 4.79 Å². The number of carbonyl (C=O) groups is 1. The first-order valence-electron chi connectivity index (χ1n) is 3.29. The molecule has 0 bridgehead atoms. The maximum atomic E-state index is 8.78. The van der Waals surface area contributed by atoms with Gasteiger partial charge in [-0.2, -0.15) is 0 Å². The quantitative estimate of drug-likeness (QED) is 0.540. The van der Waals surface area contributed by atoms with Gasteiger partial charge in [0.05, 0.1) is 0 Å². The fraction of sp³-hybridized carbons (Fsp3) is 0.125. The van der Waals surface area contributed by atoms with Crippen molar-refractivity contribution in [3.8, 4) is 0 Å². The number of benzene rings is 1. The van der Waals surface area contributed by atoms with Gasteiger partial charge in [-0.15, -0.1) is 0 Å². The van der Waals surface area contributed by atoms with Crippen molar-refractivity contribution in [3.63, 3.8) is 0 Å². The van der Waals surface area contributed by atoms with Gasteiger partial charge in [0.2, 0.25) is 0 Å². The van der Waals surface area contributed by atoms with Crippen LogP contribution in [0.1, 0.15) is 0 Å². The molecule has 4 heteroatoms. The summed E-state index contributed by atoms with van der Waals surface area (Å²) in [7, 11) is 1.50. The van der Waals surface area contributed by atoms with Crippen LogP contribution in [0.2, 0.25) is 0 Å². The molecule has 68 valence electrons. The molecule has 0 aliphatic heterocycles. The minimum absolute atomic E-state index is 1.33. The van der Waals surface area contributed by atoms with Crippen LogP contribution < -0.4 is 11.5 Å². The van der Waals surface area contributed by atoms with Gasteiger partial charge in [0.15, 0.2) is 0 Å². The predicted molar refractivity (Wildman–Crippen MR) is 48.8 cm³/mol. The van der Waals surface area contributed by atoms with Gasteiger partial charge < -0.3 is 16.6 Å². The molecular formula is C8H14N2O2. The highest BCUT2D eigenvalue weighted by Crippen LogP contribution is 1.79. The van der Waals surface area contributed by atoms with Crippen molar-refractivity contribution >= 4 is 6.09 Å². The highest BCUT2D eigenvalue weighted by molar-refractivity contribution is 5.61. The zero-order valence-electron chi connectivity index (χ0n) is 6.97. The van der Waals surface area contributed by atoms with Gasteiger partial charge >= 0.3 is 6.09 Å². The molecule has 1 aromatic carbocycles. The second-order valence-corrected chi connectivity index (χ2v) is 1.49. The van der Waals surface area contributed by atoms with E-state index in [0.717, 1.165) is 0 Å². The third-order valence-corrected chi connectivity index (χ3v) is 0.667. The second kappa shape index (κ2) is 12.2. The van der Waals surface area contributed by atoms with Crippen molar-refractivity contribution in [2.45, 2.75) is 0 Å². The molecule has 0 aliphatic carbocycles. The summed E-state index contributed by atoms with van der Waals surface area (Å²) in [6.07, 6.45) is -1.33. The average Bonchev–Trinajstić information content (AvgIpc) is 2.10. The van der Waals surface area contributed by atoms with Gasteiger partial charge in [0.1, 0.15) is 0 Å². The van der Waals surface area contributed by atoms with Crippen LogP contribution >= 0.6 is 0 Å². The van der Waals surface area contributed by atoms with E-state index < -0.39 is 6.09 Å². The molecule has 0 unspecified atom stereocenters. The van der Waals surface area contributed by atoms with Gasteiger partial charge in [-0.05, 0) is 7.05 Å². The Morgan fingerprint density at radius 1 is 1.00 bits per heavy atom. The number of hydrogen-bond donors (Lipinski definition) is 3. The van der Waals surface area contributed by atoms with Crippen molar-refractivity contribution in [2.75, 3.05) is 7.05 Å². The van der Waals surface area contributed by atoms with Gasteiger partial charge in [-0.3, -0.25) is 0 Å². The van der Waals surface area contributed by atoms with E-state index in [1.165, 1.54) is 7.05 Å². The molecule has 0 spiro atoms. The highest BCUT2D eigenvalue weighted by atomic mass is 16.4. The number of hydrogen-bond acceptors (Lipinski definition) is 2. The maximum Gasteiger partial charge on any atom is 0.402 e. The number of primary amides is 1. The van der Waals surface area contributed by atoms with Crippen molar-refractivity contribution in [1.82, 2.24) is 0 Å². The molecule has 12 heavy (non-hydrogen) atoms. The van der Waals surface area contributed by atoms with Crippen LogP contribution in [0, 0.1) is 0 Å². The van der Waals surface area contributed by atoms with E-state index in [1.807, 2.05) is 36.4 Å². The summed E-state index contributed by atoms with van der Waals surface area (Å²) in [5.74, 6) is 0. The summed E-state index contributed by atoms with van der Waals surface area (Å²) in [4.78, 5) is 8.78. The molecule has 0 aliphatic rings. The first-order valence-corrected chi connectivity index (χ1v) is 3.29. The van der Waals surface area contributed by atoms with Gasteiger partial charge in [-0.1, -0.05) is 36.4 Å². The standard InChI is InChI=1S/C6H6.CH3NO2.CH5N/c1-2-4-6-5-3-1;2-1(3)4;1-2/h1-6H;2H2,(H,3,4);2H2,1H3. The third kappa shape index (κ3) is 23.7. The Morgan fingerprint density at radius 2 is 1.08 bits per heavy atom. The molecule has 0 saturated heterocycles. The smallest absolute Gasteiger partial charge is 0.402 e. The van der Waals surface area contributed by atoms with Crippen molar-refractivity contribution in [2.24, 2.45) is 11.5 Å². The molecular weight excluding hydrogens is 156 g/mol. The van der Waals surface area contributed by atoms with Gasteiger partial charge in [0, 0.05) is 0 Å². The Labute approximate surface area is 71.8 Å². The number of carboxylic acid groups (broad SMARTS) is 1. The summed E-state index contributed by atoms with van der Waals surface area (Å²) in [5.41, 5.74) is 8.53. The molecule has 0 atom stereocenters. The molecule has 1 amide bonds. The fourth-order valence-electron chi connectivity index (χ4n) is 0.385. The van der Waals surface area contributed by atoms with E-state index in [0.29, 0.717) is 0 Å². The van der Waals surface area contributed by atoms with Crippen molar-refractivity contribution in [1.29, 1.82) is 0 Å². The number of amides is 1. The van der Waals surface area contributed by atoms with Crippen molar-refractivity contribution < 1.29 is 9.90 Å². The largest absolute Gasteiger partial charge is 0.465 e.